The van der Waals surface area contributed by atoms with Crippen LogP contribution in [-0.2, 0) is 28.6 Å². The predicted octanol–water partition coefficient (Wildman–Crippen LogP) is 21.9. The molecule has 0 saturated carbocycles. The van der Waals surface area contributed by atoms with E-state index < -0.39 is 6.10 Å². The summed E-state index contributed by atoms with van der Waals surface area (Å²) in [4.78, 5) is 38.2. The molecule has 1 atom stereocenters. The highest BCUT2D eigenvalue weighted by Crippen LogP contribution is 2.17. The van der Waals surface area contributed by atoms with Gasteiger partial charge in [-0.3, -0.25) is 14.4 Å². The van der Waals surface area contributed by atoms with E-state index in [4.69, 9.17) is 14.2 Å². The summed E-state index contributed by atoms with van der Waals surface area (Å²) in [5.74, 6) is -0.863. The monoisotopic (exact) mass is 1030 g/mol. The van der Waals surface area contributed by atoms with Crippen LogP contribution in [0, 0.1) is 0 Å². The molecule has 6 nitrogen and oxygen atoms in total. The molecule has 0 fully saturated rings. The maximum absolute atomic E-state index is 12.8. The summed E-state index contributed by atoms with van der Waals surface area (Å²) in [5, 5.41) is 0. The molecule has 0 saturated heterocycles. The number of carbonyl (C=O) groups excluding carboxylic acids is 3. The van der Waals surface area contributed by atoms with Crippen molar-refractivity contribution in [1.29, 1.82) is 0 Å². The van der Waals surface area contributed by atoms with E-state index in [2.05, 4.69) is 81.5 Å². The minimum absolute atomic E-state index is 0.0720. The van der Waals surface area contributed by atoms with Crippen LogP contribution in [0.1, 0.15) is 335 Å². The Hall–Kier alpha value is -2.89. The van der Waals surface area contributed by atoms with E-state index in [1.807, 2.05) is 0 Å². The Labute approximate surface area is 460 Å². The average Bonchev–Trinajstić information content (AvgIpc) is 3.40. The van der Waals surface area contributed by atoms with Gasteiger partial charge in [-0.05, 0) is 83.5 Å². The highest BCUT2D eigenvalue weighted by Gasteiger charge is 2.19. The fraction of sp³-hybridized carbons (Fsp3) is 0.809. The molecule has 430 valence electrons. The molecule has 0 aromatic carbocycles. The summed E-state index contributed by atoms with van der Waals surface area (Å²) in [6, 6.07) is 0. The third kappa shape index (κ3) is 60.0. The molecule has 0 aromatic heterocycles. The number of esters is 3. The van der Waals surface area contributed by atoms with Gasteiger partial charge in [-0.1, -0.05) is 293 Å². The quantitative estimate of drug-likeness (QED) is 0.0261. The van der Waals surface area contributed by atoms with Crippen molar-refractivity contribution in [2.75, 3.05) is 13.2 Å². The standard InChI is InChI=1S/C68H122O6/c1-4-7-10-13-16-19-22-24-26-27-28-29-30-31-32-33-34-35-36-37-38-39-40-41-42-44-46-49-52-55-58-61-67(70)73-64-65(63-72-66(69)60-57-54-51-48-45-21-18-15-12-9-6-3)74-68(71)62-59-56-53-50-47-43-25-23-20-17-14-11-8-5-2/h7,10,16,19,23-26,28-29,65H,4-6,8-9,11-15,17-18,20-22,27,30-64H2,1-3H3/b10-7-,19-16-,25-23-,26-24-,29-28-. The molecular weight excluding hydrogens is 913 g/mol. The molecule has 0 spiro atoms. The Morgan fingerprint density at radius 1 is 0.284 bits per heavy atom. The first-order valence-electron chi connectivity index (χ1n) is 32.3. The zero-order chi connectivity index (χ0) is 53.6. The van der Waals surface area contributed by atoms with Gasteiger partial charge in [0.25, 0.3) is 0 Å². The van der Waals surface area contributed by atoms with Gasteiger partial charge in [-0.25, -0.2) is 0 Å². The van der Waals surface area contributed by atoms with Crippen LogP contribution < -0.4 is 0 Å². The second-order valence-corrected chi connectivity index (χ2v) is 21.6. The summed E-state index contributed by atoms with van der Waals surface area (Å²) in [6.45, 7) is 6.54. The predicted molar refractivity (Wildman–Crippen MR) is 321 cm³/mol. The molecule has 0 amide bonds. The number of hydrogen-bond acceptors (Lipinski definition) is 6. The molecule has 0 rings (SSSR count). The number of rotatable bonds is 59. The van der Waals surface area contributed by atoms with E-state index in [1.54, 1.807) is 0 Å². The minimum atomic E-state index is -0.774. The van der Waals surface area contributed by atoms with Gasteiger partial charge in [0.05, 0.1) is 0 Å². The molecule has 0 N–H and O–H groups in total. The van der Waals surface area contributed by atoms with Gasteiger partial charge in [0.2, 0.25) is 0 Å². The van der Waals surface area contributed by atoms with Crippen molar-refractivity contribution in [3.8, 4) is 0 Å². The van der Waals surface area contributed by atoms with Crippen molar-refractivity contribution >= 4 is 17.9 Å². The summed E-state index contributed by atoms with van der Waals surface area (Å²) >= 11 is 0. The van der Waals surface area contributed by atoms with E-state index in [0.717, 1.165) is 89.9 Å². The number of allylic oxidation sites excluding steroid dienone is 10. The number of unbranched alkanes of at least 4 members (excludes halogenated alkanes) is 38. The zero-order valence-corrected chi connectivity index (χ0v) is 49.4. The smallest absolute Gasteiger partial charge is 0.306 e. The lowest BCUT2D eigenvalue weighted by Gasteiger charge is -2.18. The van der Waals surface area contributed by atoms with E-state index >= 15 is 0 Å². The van der Waals surface area contributed by atoms with E-state index in [1.165, 1.54) is 205 Å². The van der Waals surface area contributed by atoms with Crippen LogP contribution in [0.3, 0.4) is 0 Å². The molecule has 0 aliphatic heterocycles. The van der Waals surface area contributed by atoms with Crippen LogP contribution in [0.5, 0.6) is 0 Å². The molecule has 0 aliphatic carbocycles. The Balaban J connectivity index is 4.10. The zero-order valence-electron chi connectivity index (χ0n) is 49.4. The number of hydrogen-bond donors (Lipinski definition) is 0. The Bertz CT molecular complexity index is 1330. The van der Waals surface area contributed by atoms with Crippen LogP contribution in [-0.4, -0.2) is 37.2 Å². The van der Waals surface area contributed by atoms with Gasteiger partial charge in [-0.15, -0.1) is 0 Å². The number of ether oxygens (including phenoxy) is 3. The van der Waals surface area contributed by atoms with Crippen molar-refractivity contribution in [2.45, 2.75) is 341 Å². The molecule has 0 heterocycles. The Morgan fingerprint density at radius 3 is 0.838 bits per heavy atom. The van der Waals surface area contributed by atoms with Crippen LogP contribution in [0.15, 0.2) is 60.8 Å². The molecule has 0 aliphatic rings. The van der Waals surface area contributed by atoms with Crippen LogP contribution >= 0.6 is 0 Å². The average molecular weight is 1040 g/mol. The first kappa shape index (κ1) is 71.1. The summed E-state index contributed by atoms with van der Waals surface area (Å²) < 4.78 is 16.9. The molecule has 74 heavy (non-hydrogen) atoms. The first-order valence-corrected chi connectivity index (χ1v) is 32.3. The van der Waals surface area contributed by atoms with Gasteiger partial charge in [-0.2, -0.15) is 0 Å². The lowest BCUT2D eigenvalue weighted by Crippen LogP contribution is -2.30. The molecule has 0 bridgehead atoms. The maximum Gasteiger partial charge on any atom is 0.306 e. The summed E-state index contributed by atoms with van der Waals surface area (Å²) in [6.07, 6.45) is 79.6. The fourth-order valence-corrected chi connectivity index (χ4v) is 9.43. The third-order valence-electron chi connectivity index (χ3n) is 14.3. The van der Waals surface area contributed by atoms with E-state index in [-0.39, 0.29) is 31.1 Å². The van der Waals surface area contributed by atoms with Crippen molar-refractivity contribution in [1.82, 2.24) is 0 Å². The maximum atomic E-state index is 12.8. The van der Waals surface area contributed by atoms with Crippen molar-refractivity contribution in [3.05, 3.63) is 60.8 Å². The van der Waals surface area contributed by atoms with Gasteiger partial charge in [0, 0.05) is 19.3 Å². The Kier molecular flexibility index (Phi) is 60.2. The SMILES string of the molecule is CC/C=C\C/C=C\C/C=C\C/C=C\CCCCCCCCCCCCCCCCCCCCC(=O)OCC(COC(=O)CCCCCCCCCCCCC)OC(=O)CCCCCCC/C=C\CCCCCCC. The van der Waals surface area contributed by atoms with Gasteiger partial charge in [0.15, 0.2) is 6.10 Å². The second-order valence-electron chi connectivity index (χ2n) is 21.6. The molecule has 1 unspecified atom stereocenters. The van der Waals surface area contributed by atoms with Crippen LogP contribution in [0.25, 0.3) is 0 Å². The summed E-state index contributed by atoms with van der Waals surface area (Å²) in [5.41, 5.74) is 0. The molecule has 0 aromatic rings. The molecular formula is C68H122O6. The van der Waals surface area contributed by atoms with Crippen LogP contribution in [0.4, 0.5) is 0 Å². The van der Waals surface area contributed by atoms with Gasteiger partial charge in [0.1, 0.15) is 13.2 Å². The van der Waals surface area contributed by atoms with Crippen molar-refractivity contribution < 1.29 is 28.6 Å². The lowest BCUT2D eigenvalue weighted by molar-refractivity contribution is -0.167. The van der Waals surface area contributed by atoms with Crippen molar-refractivity contribution in [3.63, 3.8) is 0 Å². The van der Waals surface area contributed by atoms with Crippen LogP contribution in [0.2, 0.25) is 0 Å². The third-order valence-corrected chi connectivity index (χ3v) is 14.3. The van der Waals surface area contributed by atoms with Crippen molar-refractivity contribution in [2.24, 2.45) is 0 Å². The van der Waals surface area contributed by atoms with Gasteiger partial charge >= 0.3 is 17.9 Å². The Morgan fingerprint density at radius 2 is 0.527 bits per heavy atom. The number of carbonyl (C=O) groups is 3. The highest BCUT2D eigenvalue weighted by molar-refractivity contribution is 5.71. The largest absolute Gasteiger partial charge is 0.462 e. The summed E-state index contributed by atoms with van der Waals surface area (Å²) in [7, 11) is 0. The first-order chi connectivity index (χ1) is 36.5. The fourth-order valence-electron chi connectivity index (χ4n) is 9.43. The van der Waals surface area contributed by atoms with E-state index in [9.17, 15) is 14.4 Å². The lowest BCUT2D eigenvalue weighted by atomic mass is 10.0. The topological polar surface area (TPSA) is 78.9 Å². The molecule has 0 radical (unpaired) electrons. The molecule has 6 heteroatoms. The second kappa shape index (κ2) is 62.6. The highest BCUT2D eigenvalue weighted by atomic mass is 16.6. The normalized spacial score (nSPS) is 12.4. The van der Waals surface area contributed by atoms with Gasteiger partial charge < -0.3 is 14.2 Å². The minimum Gasteiger partial charge on any atom is -0.462 e. The van der Waals surface area contributed by atoms with E-state index in [0.29, 0.717) is 19.3 Å².